The second-order valence-electron chi connectivity index (χ2n) is 5.65. The Kier molecular flexibility index (Phi) is 3.55. The lowest BCUT2D eigenvalue weighted by atomic mass is 9.90. The molecular formula is C14H22N4O. The molecule has 1 N–H and O–H groups in total. The van der Waals surface area contributed by atoms with Gasteiger partial charge in [0.15, 0.2) is 0 Å². The Balaban J connectivity index is 1.75. The number of amides is 1. The summed E-state index contributed by atoms with van der Waals surface area (Å²) in [7, 11) is 1.83. The van der Waals surface area contributed by atoms with Crippen LogP contribution in [0.1, 0.15) is 36.2 Å². The number of hydrogen-bond donors (Lipinski definition) is 1. The lowest BCUT2D eigenvalue weighted by molar-refractivity contribution is 0.0659. The molecule has 0 saturated carbocycles. The van der Waals surface area contributed by atoms with Crippen molar-refractivity contribution in [3.8, 4) is 0 Å². The highest BCUT2D eigenvalue weighted by Crippen LogP contribution is 2.29. The van der Waals surface area contributed by atoms with Crippen molar-refractivity contribution in [3.63, 3.8) is 0 Å². The molecule has 2 fully saturated rings. The Morgan fingerprint density at radius 3 is 3.00 bits per heavy atom. The number of nitrogens with zero attached hydrogens (tertiary/aromatic N) is 3. The highest BCUT2D eigenvalue weighted by atomic mass is 16.2. The zero-order valence-electron chi connectivity index (χ0n) is 11.5. The number of rotatable bonds is 2. The fourth-order valence-corrected chi connectivity index (χ4v) is 3.47. The number of carbonyl (C=O) groups is 1. The average molecular weight is 262 g/mol. The molecule has 0 aromatic carbocycles. The topological polar surface area (TPSA) is 50.2 Å². The Bertz CT molecular complexity index is 450. The highest BCUT2D eigenvalue weighted by Gasteiger charge is 2.36. The molecule has 0 aliphatic carbocycles. The standard InChI is InChI=1S/C14H22N4O/c1-17-13(6-8-16-17)14(19)18-9-3-5-12(18)11-4-2-7-15-10-11/h6,8,11-12,15H,2-5,7,9-10H2,1H3. The van der Waals surface area contributed by atoms with Crippen LogP contribution in [0.15, 0.2) is 12.3 Å². The van der Waals surface area contributed by atoms with E-state index in [1.165, 1.54) is 12.8 Å². The van der Waals surface area contributed by atoms with Crippen LogP contribution in [-0.2, 0) is 7.05 Å². The van der Waals surface area contributed by atoms with Crippen LogP contribution >= 0.6 is 0 Å². The second kappa shape index (κ2) is 5.33. The van der Waals surface area contributed by atoms with Crippen LogP contribution in [0.2, 0.25) is 0 Å². The summed E-state index contributed by atoms with van der Waals surface area (Å²) in [4.78, 5) is 14.7. The summed E-state index contributed by atoms with van der Waals surface area (Å²) in [6.07, 6.45) is 6.45. The molecule has 2 atom stereocenters. The summed E-state index contributed by atoms with van der Waals surface area (Å²) in [5.41, 5.74) is 0.704. The lowest BCUT2D eigenvalue weighted by Crippen LogP contribution is -2.46. The second-order valence-corrected chi connectivity index (χ2v) is 5.65. The predicted molar refractivity (Wildman–Crippen MR) is 72.9 cm³/mol. The molecule has 104 valence electrons. The first-order chi connectivity index (χ1) is 9.27. The largest absolute Gasteiger partial charge is 0.334 e. The molecule has 0 spiro atoms. The van der Waals surface area contributed by atoms with E-state index in [2.05, 4.69) is 15.3 Å². The Hall–Kier alpha value is -1.36. The van der Waals surface area contributed by atoms with E-state index in [0.29, 0.717) is 17.7 Å². The molecule has 19 heavy (non-hydrogen) atoms. The molecule has 0 bridgehead atoms. The van der Waals surface area contributed by atoms with E-state index in [4.69, 9.17) is 0 Å². The maximum Gasteiger partial charge on any atom is 0.272 e. The fraction of sp³-hybridized carbons (Fsp3) is 0.714. The van der Waals surface area contributed by atoms with Crippen molar-refractivity contribution in [1.29, 1.82) is 0 Å². The molecule has 2 aliphatic rings. The summed E-state index contributed by atoms with van der Waals surface area (Å²) in [5.74, 6) is 0.765. The van der Waals surface area contributed by atoms with Gasteiger partial charge in [-0.1, -0.05) is 0 Å². The van der Waals surface area contributed by atoms with E-state index in [-0.39, 0.29) is 5.91 Å². The minimum atomic E-state index is 0.146. The number of aromatic nitrogens is 2. The first-order valence-electron chi connectivity index (χ1n) is 7.27. The molecule has 3 rings (SSSR count). The maximum atomic E-state index is 12.6. The number of carbonyl (C=O) groups excluding carboxylic acids is 1. The van der Waals surface area contributed by atoms with Gasteiger partial charge in [0.2, 0.25) is 0 Å². The van der Waals surface area contributed by atoms with Crippen molar-refractivity contribution in [2.24, 2.45) is 13.0 Å². The van der Waals surface area contributed by atoms with Crippen molar-refractivity contribution < 1.29 is 4.79 Å². The van der Waals surface area contributed by atoms with E-state index in [0.717, 1.165) is 32.5 Å². The molecule has 2 saturated heterocycles. The summed E-state index contributed by atoms with van der Waals surface area (Å²) in [5, 5.41) is 7.57. The summed E-state index contributed by atoms with van der Waals surface area (Å²) >= 11 is 0. The minimum absolute atomic E-state index is 0.146. The molecule has 2 unspecified atom stereocenters. The highest BCUT2D eigenvalue weighted by molar-refractivity contribution is 5.92. The summed E-state index contributed by atoms with van der Waals surface area (Å²) in [6.45, 7) is 3.07. The van der Waals surface area contributed by atoms with Gasteiger partial charge in [-0.3, -0.25) is 9.48 Å². The summed E-state index contributed by atoms with van der Waals surface area (Å²) in [6, 6.07) is 2.23. The molecule has 1 amide bonds. The zero-order chi connectivity index (χ0) is 13.2. The maximum absolute atomic E-state index is 12.6. The van der Waals surface area contributed by atoms with Gasteiger partial charge < -0.3 is 10.2 Å². The molecule has 2 aliphatic heterocycles. The van der Waals surface area contributed by atoms with Crippen LogP contribution in [0.5, 0.6) is 0 Å². The molecule has 0 radical (unpaired) electrons. The van der Waals surface area contributed by atoms with E-state index in [1.807, 2.05) is 13.1 Å². The van der Waals surface area contributed by atoms with Crippen molar-refractivity contribution >= 4 is 5.91 Å². The fourth-order valence-electron chi connectivity index (χ4n) is 3.47. The van der Waals surface area contributed by atoms with Gasteiger partial charge in [-0.2, -0.15) is 5.10 Å². The molecule has 1 aromatic rings. The number of piperidine rings is 1. The van der Waals surface area contributed by atoms with Crippen LogP contribution in [-0.4, -0.2) is 46.3 Å². The predicted octanol–water partition coefficient (Wildman–Crippen LogP) is 1.02. The van der Waals surface area contributed by atoms with Crippen LogP contribution in [0.3, 0.4) is 0 Å². The zero-order valence-corrected chi connectivity index (χ0v) is 11.5. The number of nitrogens with one attached hydrogen (secondary N) is 1. The number of likely N-dealkylation sites (tertiary alicyclic amines) is 1. The van der Waals surface area contributed by atoms with Gasteiger partial charge >= 0.3 is 0 Å². The average Bonchev–Trinajstić information content (AvgIpc) is 3.07. The van der Waals surface area contributed by atoms with E-state index < -0.39 is 0 Å². The first kappa shape index (κ1) is 12.7. The van der Waals surface area contributed by atoms with Crippen molar-refractivity contribution in [2.75, 3.05) is 19.6 Å². The van der Waals surface area contributed by atoms with Crippen molar-refractivity contribution in [3.05, 3.63) is 18.0 Å². The molecule has 5 nitrogen and oxygen atoms in total. The minimum Gasteiger partial charge on any atom is -0.334 e. The van der Waals surface area contributed by atoms with Crippen molar-refractivity contribution in [1.82, 2.24) is 20.0 Å². The Labute approximate surface area is 114 Å². The number of hydrogen-bond acceptors (Lipinski definition) is 3. The molecular weight excluding hydrogens is 240 g/mol. The third-order valence-corrected chi connectivity index (χ3v) is 4.48. The SMILES string of the molecule is Cn1nccc1C(=O)N1CCCC1C1CCCNC1. The van der Waals surface area contributed by atoms with Crippen LogP contribution in [0, 0.1) is 5.92 Å². The van der Waals surface area contributed by atoms with Crippen molar-refractivity contribution in [2.45, 2.75) is 31.7 Å². The van der Waals surface area contributed by atoms with Crippen LogP contribution in [0.4, 0.5) is 0 Å². The van der Waals surface area contributed by atoms with Crippen LogP contribution in [0.25, 0.3) is 0 Å². The monoisotopic (exact) mass is 262 g/mol. The van der Waals surface area contributed by atoms with E-state index >= 15 is 0 Å². The van der Waals surface area contributed by atoms with Gasteiger partial charge in [0.25, 0.3) is 5.91 Å². The molecule has 5 heteroatoms. The van der Waals surface area contributed by atoms with Crippen LogP contribution < -0.4 is 5.32 Å². The number of aryl methyl sites for hydroxylation is 1. The normalized spacial score (nSPS) is 27.7. The van der Waals surface area contributed by atoms with E-state index in [9.17, 15) is 4.79 Å². The van der Waals surface area contributed by atoms with Gasteiger partial charge in [-0.15, -0.1) is 0 Å². The Morgan fingerprint density at radius 1 is 1.42 bits per heavy atom. The third kappa shape index (κ3) is 2.39. The van der Waals surface area contributed by atoms with E-state index in [1.54, 1.807) is 10.9 Å². The third-order valence-electron chi connectivity index (χ3n) is 4.48. The van der Waals surface area contributed by atoms with Gasteiger partial charge in [0.05, 0.1) is 0 Å². The van der Waals surface area contributed by atoms with Gasteiger partial charge in [-0.05, 0) is 50.8 Å². The lowest BCUT2D eigenvalue weighted by Gasteiger charge is -2.34. The Morgan fingerprint density at radius 2 is 2.32 bits per heavy atom. The van der Waals surface area contributed by atoms with Gasteiger partial charge in [-0.25, -0.2) is 0 Å². The smallest absolute Gasteiger partial charge is 0.272 e. The van der Waals surface area contributed by atoms with Gasteiger partial charge in [0, 0.05) is 25.8 Å². The molecule has 3 heterocycles. The quantitative estimate of drug-likeness (QED) is 0.866. The summed E-state index contributed by atoms with van der Waals surface area (Å²) < 4.78 is 1.68. The molecule has 1 aromatic heterocycles. The van der Waals surface area contributed by atoms with Gasteiger partial charge in [0.1, 0.15) is 5.69 Å². The first-order valence-corrected chi connectivity index (χ1v) is 7.27.